The van der Waals surface area contributed by atoms with Gasteiger partial charge in [-0.25, -0.2) is 14.5 Å². The quantitative estimate of drug-likeness (QED) is 0.456. The third-order valence-electron chi connectivity index (χ3n) is 4.69. The Morgan fingerprint density at radius 2 is 2.13 bits per heavy atom. The highest BCUT2D eigenvalue weighted by molar-refractivity contribution is 6.31. The summed E-state index contributed by atoms with van der Waals surface area (Å²) in [6.07, 6.45) is 3.90. The molecule has 1 aromatic carbocycles. The zero-order chi connectivity index (χ0) is 22.0. The van der Waals surface area contributed by atoms with Gasteiger partial charge in [0.1, 0.15) is 17.4 Å². The smallest absolute Gasteiger partial charge is 0.343 e. The number of aliphatic hydroxyl groups is 1. The third kappa shape index (κ3) is 4.18. The van der Waals surface area contributed by atoms with E-state index in [4.69, 9.17) is 21.1 Å². The number of esters is 1. The van der Waals surface area contributed by atoms with E-state index in [1.165, 1.54) is 14.2 Å². The minimum absolute atomic E-state index is 0.147. The van der Waals surface area contributed by atoms with E-state index in [1.54, 1.807) is 53.6 Å². The van der Waals surface area contributed by atoms with E-state index >= 15 is 0 Å². The van der Waals surface area contributed by atoms with E-state index in [-0.39, 0.29) is 18.0 Å². The summed E-state index contributed by atoms with van der Waals surface area (Å²) in [4.78, 5) is 20.6. The first-order valence-electron chi connectivity index (χ1n) is 9.23. The number of methoxy groups -OCH3 is 2. The fourth-order valence-corrected chi connectivity index (χ4v) is 3.48. The van der Waals surface area contributed by atoms with Crippen LogP contribution in [0.2, 0.25) is 5.02 Å². The van der Waals surface area contributed by atoms with Gasteiger partial charge >= 0.3 is 5.97 Å². The summed E-state index contributed by atoms with van der Waals surface area (Å²) in [7, 11) is 2.72. The molecular formula is C21H18ClN5O4. The van der Waals surface area contributed by atoms with Gasteiger partial charge < -0.3 is 14.6 Å². The molecule has 0 fully saturated rings. The molecule has 4 aromatic rings. The van der Waals surface area contributed by atoms with Gasteiger partial charge in [-0.2, -0.15) is 0 Å². The van der Waals surface area contributed by atoms with Gasteiger partial charge in [0.2, 0.25) is 5.88 Å². The van der Waals surface area contributed by atoms with E-state index in [1.807, 2.05) is 0 Å². The Morgan fingerprint density at radius 3 is 2.84 bits per heavy atom. The maximum atomic E-state index is 12.1. The Labute approximate surface area is 182 Å². The highest BCUT2D eigenvalue weighted by atomic mass is 35.5. The molecule has 0 aliphatic rings. The van der Waals surface area contributed by atoms with Crippen LogP contribution in [0.3, 0.4) is 0 Å². The van der Waals surface area contributed by atoms with Crippen LogP contribution >= 0.6 is 11.6 Å². The van der Waals surface area contributed by atoms with Crippen molar-refractivity contribution in [3.8, 4) is 5.88 Å². The number of aromatic nitrogens is 5. The molecule has 1 unspecified atom stereocenters. The lowest BCUT2D eigenvalue weighted by Gasteiger charge is -2.11. The molecule has 0 amide bonds. The van der Waals surface area contributed by atoms with Crippen molar-refractivity contribution in [1.29, 1.82) is 0 Å². The number of halogens is 1. The Kier molecular flexibility index (Phi) is 5.79. The van der Waals surface area contributed by atoms with Gasteiger partial charge in [0, 0.05) is 33.9 Å². The van der Waals surface area contributed by atoms with Gasteiger partial charge in [0.15, 0.2) is 0 Å². The number of carbonyl (C=O) groups is 1. The van der Waals surface area contributed by atoms with Crippen LogP contribution in [-0.2, 0) is 11.3 Å². The molecule has 0 saturated carbocycles. The van der Waals surface area contributed by atoms with Gasteiger partial charge in [0.25, 0.3) is 0 Å². The molecule has 0 radical (unpaired) electrons. The Morgan fingerprint density at radius 1 is 1.29 bits per heavy atom. The van der Waals surface area contributed by atoms with Crippen molar-refractivity contribution >= 4 is 28.5 Å². The molecule has 0 bridgehead atoms. The van der Waals surface area contributed by atoms with Gasteiger partial charge in [0.05, 0.1) is 32.5 Å². The molecule has 3 aromatic heterocycles. The van der Waals surface area contributed by atoms with Gasteiger partial charge in [-0.05, 0) is 24.3 Å². The number of ether oxygens (including phenoxy) is 2. The molecule has 158 valence electrons. The largest absolute Gasteiger partial charge is 0.480 e. The van der Waals surface area contributed by atoms with Crippen LogP contribution in [0.15, 0.2) is 48.9 Å². The van der Waals surface area contributed by atoms with Crippen LogP contribution in [0, 0.1) is 0 Å². The Bertz CT molecular complexity index is 1250. The first-order valence-corrected chi connectivity index (χ1v) is 9.61. The highest BCUT2D eigenvalue weighted by Gasteiger charge is 2.19. The number of hydrogen-bond donors (Lipinski definition) is 1. The van der Waals surface area contributed by atoms with Crippen molar-refractivity contribution in [3.05, 3.63) is 76.3 Å². The summed E-state index contributed by atoms with van der Waals surface area (Å²) >= 11 is 6.30. The first kappa shape index (κ1) is 20.7. The minimum Gasteiger partial charge on any atom is -0.480 e. The van der Waals surface area contributed by atoms with Crippen LogP contribution < -0.4 is 4.74 Å². The molecule has 1 N–H and O–H groups in total. The van der Waals surface area contributed by atoms with Crippen LogP contribution in [0.5, 0.6) is 5.88 Å². The second-order valence-electron chi connectivity index (χ2n) is 6.70. The molecule has 4 rings (SSSR count). The molecule has 31 heavy (non-hydrogen) atoms. The van der Waals surface area contributed by atoms with Gasteiger partial charge in [-0.1, -0.05) is 22.9 Å². The van der Waals surface area contributed by atoms with Crippen molar-refractivity contribution in [1.82, 2.24) is 25.0 Å². The number of aliphatic hydroxyl groups excluding tert-OH is 1. The summed E-state index contributed by atoms with van der Waals surface area (Å²) in [5.41, 5.74) is 2.54. The number of carbonyl (C=O) groups excluding carboxylic acids is 1. The second kappa shape index (κ2) is 8.66. The molecule has 9 nitrogen and oxygen atoms in total. The zero-order valence-electron chi connectivity index (χ0n) is 16.7. The van der Waals surface area contributed by atoms with Crippen LogP contribution in [-0.4, -0.2) is 50.3 Å². The lowest BCUT2D eigenvalue weighted by molar-refractivity contribution is 0.0596. The van der Waals surface area contributed by atoms with Crippen molar-refractivity contribution < 1.29 is 19.4 Å². The van der Waals surface area contributed by atoms with Gasteiger partial charge in [-0.15, -0.1) is 5.10 Å². The summed E-state index contributed by atoms with van der Waals surface area (Å²) in [5, 5.41) is 19.8. The predicted octanol–water partition coefficient (Wildman–Crippen LogP) is 2.80. The SMILES string of the molecule is COC(=O)c1cc2cc(Cl)cc(Cn3cc(C(O)c4cccnc4)nn3)c2nc1OC. The van der Waals surface area contributed by atoms with E-state index in [0.29, 0.717) is 27.2 Å². The van der Waals surface area contributed by atoms with E-state index in [0.717, 1.165) is 5.56 Å². The van der Waals surface area contributed by atoms with Crippen LogP contribution in [0.25, 0.3) is 10.9 Å². The molecule has 0 spiro atoms. The molecule has 0 aliphatic carbocycles. The minimum atomic E-state index is -0.945. The second-order valence-corrected chi connectivity index (χ2v) is 7.14. The van der Waals surface area contributed by atoms with Crippen molar-refractivity contribution in [2.75, 3.05) is 14.2 Å². The lowest BCUT2D eigenvalue weighted by atomic mass is 10.1. The maximum Gasteiger partial charge on any atom is 0.343 e. The molecular weight excluding hydrogens is 422 g/mol. The van der Waals surface area contributed by atoms with Crippen molar-refractivity contribution in [2.45, 2.75) is 12.6 Å². The summed E-state index contributed by atoms with van der Waals surface area (Å²) < 4.78 is 11.7. The first-order chi connectivity index (χ1) is 15.0. The topological polar surface area (TPSA) is 112 Å². The molecule has 0 aliphatic heterocycles. The fraction of sp³-hybridized carbons (Fsp3) is 0.190. The normalized spacial score (nSPS) is 12.0. The maximum absolute atomic E-state index is 12.1. The number of fused-ring (bicyclic) bond motifs is 1. The molecule has 3 heterocycles. The van der Waals surface area contributed by atoms with Gasteiger partial charge in [-0.3, -0.25) is 4.98 Å². The average molecular weight is 440 g/mol. The molecule has 0 saturated heterocycles. The Balaban J connectivity index is 1.70. The third-order valence-corrected chi connectivity index (χ3v) is 4.91. The number of nitrogens with zero attached hydrogens (tertiary/aromatic N) is 5. The van der Waals surface area contributed by atoms with Crippen molar-refractivity contribution in [2.24, 2.45) is 0 Å². The highest BCUT2D eigenvalue weighted by Crippen LogP contribution is 2.29. The fourth-order valence-electron chi connectivity index (χ4n) is 3.24. The number of benzene rings is 1. The summed E-state index contributed by atoms with van der Waals surface area (Å²) in [6.45, 7) is 0.289. The standard InChI is InChI=1S/C21H18ClN5O4/c1-30-20-16(21(29)31-2)8-13-6-15(22)7-14(18(13)24-20)10-27-11-17(25-26-27)19(28)12-4-3-5-23-9-12/h3-9,11,19,28H,10H2,1-2H3. The van der Waals surface area contributed by atoms with Crippen molar-refractivity contribution in [3.63, 3.8) is 0 Å². The number of rotatable bonds is 6. The number of hydrogen-bond acceptors (Lipinski definition) is 8. The monoisotopic (exact) mass is 439 g/mol. The lowest BCUT2D eigenvalue weighted by Crippen LogP contribution is -2.07. The van der Waals surface area contributed by atoms with E-state index in [9.17, 15) is 9.90 Å². The summed E-state index contributed by atoms with van der Waals surface area (Å²) in [5.74, 6) is -0.410. The zero-order valence-corrected chi connectivity index (χ0v) is 17.4. The predicted molar refractivity (Wildman–Crippen MR) is 112 cm³/mol. The number of pyridine rings is 2. The summed E-state index contributed by atoms with van der Waals surface area (Å²) in [6, 6.07) is 8.59. The van der Waals surface area contributed by atoms with E-state index < -0.39 is 12.1 Å². The Hall–Kier alpha value is -3.56. The van der Waals surface area contributed by atoms with Crippen LogP contribution in [0.1, 0.15) is 33.3 Å². The van der Waals surface area contributed by atoms with E-state index in [2.05, 4.69) is 20.3 Å². The van der Waals surface area contributed by atoms with Crippen LogP contribution in [0.4, 0.5) is 0 Å². The average Bonchev–Trinajstić information content (AvgIpc) is 3.26. The molecule has 1 atom stereocenters. The molecule has 10 heteroatoms.